The van der Waals surface area contributed by atoms with Crippen molar-refractivity contribution in [3.63, 3.8) is 0 Å². The molecule has 8 nitrogen and oxygen atoms in total. The number of rotatable bonds is 9. The fourth-order valence-electron chi connectivity index (χ4n) is 1.14. The normalized spacial score (nSPS) is 11.9. The topological polar surface area (TPSA) is 125 Å². The van der Waals surface area contributed by atoms with E-state index in [1.54, 1.807) is 0 Å². The van der Waals surface area contributed by atoms with E-state index in [2.05, 4.69) is 10.6 Å². The summed E-state index contributed by atoms with van der Waals surface area (Å²) in [6.45, 7) is 5.08. The summed E-state index contributed by atoms with van der Waals surface area (Å²) >= 11 is 0. The summed E-state index contributed by atoms with van der Waals surface area (Å²) in [5.74, 6) is -2.30. The highest BCUT2D eigenvalue weighted by Gasteiger charge is 2.22. The fraction of sp³-hybridized carbons (Fsp3) is 0.727. The second-order valence-electron chi connectivity index (χ2n) is 4.36. The van der Waals surface area contributed by atoms with Crippen molar-refractivity contribution >= 4 is 18.0 Å². The van der Waals surface area contributed by atoms with Gasteiger partial charge in [0, 0.05) is 13.2 Å². The number of hydrogen-bond donors (Lipinski definition) is 4. The van der Waals surface area contributed by atoms with Crippen LogP contribution in [-0.2, 0) is 14.3 Å². The van der Waals surface area contributed by atoms with Gasteiger partial charge in [0.2, 0.25) is 0 Å². The van der Waals surface area contributed by atoms with Gasteiger partial charge in [0.25, 0.3) is 0 Å². The first-order valence-electron chi connectivity index (χ1n) is 5.89. The number of carboxylic acids is 2. The molecular formula is C11H20N2O6. The highest BCUT2D eigenvalue weighted by atomic mass is 16.5. The highest BCUT2D eigenvalue weighted by molar-refractivity contribution is 5.86. The monoisotopic (exact) mass is 276 g/mol. The van der Waals surface area contributed by atoms with Crippen LogP contribution in [0.3, 0.4) is 0 Å². The van der Waals surface area contributed by atoms with Gasteiger partial charge in [0.05, 0.1) is 13.0 Å². The third kappa shape index (κ3) is 9.83. The Morgan fingerprint density at radius 1 is 1.21 bits per heavy atom. The minimum absolute atomic E-state index is 0.220. The third-order valence-corrected chi connectivity index (χ3v) is 1.97. The van der Waals surface area contributed by atoms with Gasteiger partial charge in [-0.2, -0.15) is 0 Å². The second kappa shape index (κ2) is 9.15. The number of carbonyl (C=O) groups is 3. The average molecular weight is 276 g/mol. The summed E-state index contributed by atoms with van der Waals surface area (Å²) in [5.41, 5.74) is 0. The second-order valence-corrected chi connectivity index (χ2v) is 4.36. The molecular weight excluding hydrogens is 256 g/mol. The van der Waals surface area contributed by atoms with Gasteiger partial charge in [0.1, 0.15) is 6.04 Å². The molecule has 110 valence electrons. The number of hydrogen-bond acceptors (Lipinski definition) is 4. The minimum Gasteiger partial charge on any atom is -0.481 e. The molecule has 0 rings (SSSR count). The Bertz CT molecular complexity index is 318. The van der Waals surface area contributed by atoms with E-state index in [1.807, 2.05) is 13.8 Å². The van der Waals surface area contributed by atoms with Crippen LogP contribution in [0.4, 0.5) is 4.79 Å². The van der Waals surface area contributed by atoms with Gasteiger partial charge in [-0.1, -0.05) is 13.8 Å². The Kier molecular flexibility index (Phi) is 8.27. The molecule has 0 fully saturated rings. The van der Waals surface area contributed by atoms with E-state index in [-0.39, 0.29) is 6.54 Å². The molecule has 0 bridgehead atoms. The van der Waals surface area contributed by atoms with Crippen LogP contribution in [0.1, 0.15) is 20.3 Å². The van der Waals surface area contributed by atoms with Crippen molar-refractivity contribution in [2.24, 2.45) is 5.92 Å². The summed E-state index contributed by atoms with van der Waals surface area (Å²) in [4.78, 5) is 32.4. The number of carbonyl (C=O) groups excluding carboxylic acids is 1. The average Bonchev–Trinajstić information content (AvgIpc) is 2.26. The van der Waals surface area contributed by atoms with Crippen molar-refractivity contribution < 1.29 is 29.3 Å². The number of nitrogens with one attached hydrogen (secondary N) is 2. The van der Waals surface area contributed by atoms with Crippen LogP contribution in [0.5, 0.6) is 0 Å². The number of urea groups is 1. The molecule has 0 aliphatic heterocycles. The molecule has 0 unspecified atom stereocenters. The Balaban J connectivity index is 3.87. The summed E-state index contributed by atoms with van der Waals surface area (Å²) in [5, 5.41) is 21.6. The lowest BCUT2D eigenvalue weighted by molar-refractivity contribution is -0.145. The smallest absolute Gasteiger partial charge is 0.326 e. The maximum atomic E-state index is 11.3. The minimum atomic E-state index is -1.45. The molecule has 19 heavy (non-hydrogen) atoms. The maximum Gasteiger partial charge on any atom is 0.326 e. The van der Waals surface area contributed by atoms with Crippen LogP contribution in [0.15, 0.2) is 0 Å². The molecule has 0 heterocycles. The van der Waals surface area contributed by atoms with E-state index >= 15 is 0 Å². The predicted octanol–water partition coefficient (Wildman–Crippen LogP) is -0.114. The molecule has 0 saturated carbocycles. The van der Waals surface area contributed by atoms with Gasteiger partial charge in [-0.15, -0.1) is 0 Å². The first kappa shape index (κ1) is 17.2. The molecule has 0 aromatic heterocycles. The molecule has 1 atom stereocenters. The molecule has 4 N–H and O–H groups in total. The van der Waals surface area contributed by atoms with Crippen LogP contribution >= 0.6 is 0 Å². The van der Waals surface area contributed by atoms with Gasteiger partial charge in [-0.05, 0) is 5.92 Å². The van der Waals surface area contributed by atoms with Crippen LogP contribution in [0, 0.1) is 5.92 Å². The molecule has 0 saturated heterocycles. The Hall–Kier alpha value is -1.83. The Morgan fingerprint density at radius 2 is 1.84 bits per heavy atom. The number of amides is 2. The van der Waals surface area contributed by atoms with Crippen molar-refractivity contribution in [2.45, 2.75) is 26.3 Å². The van der Waals surface area contributed by atoms with Crippen molar-refractivity contribution in [3.8, 4) is 0 Å². The number of carboxylic acid groups (broad SMARTS) is 2. The van der Waals surface area contributed by atoms with Gasteiger partial charge in [-0.25, -0.2) is 9.59 Å². The van der Waals surface area contributed by atoms with E-state index in [1.165, 1.54) is 0 Å². The zero-order valence-corrected chi connectivity index (χ0v) is 11.0. The standard InChI is InChI=1S/C11H20N2O6/c1-7(2)6-19-4-3-12-11(18)13-8(10(16)17)5-9(14)15/h7-8H,3-6H2,1-2H3,(H,14,15)(H,16,17)(H2,12,13,18)/t8-/m0/s1. The van der Waals surface area contributed by atoms with Gasteiger partial charge < -0.3 is 25.6 Å². The largest absolute Gasteiger partial charge is 0.481 e. The third-order valence-electron chi connectivity index (χ3n) is 1.97. The summed E-state index contributed by atoms with van der Waals surface area (Å²) < 4.78 is 5.21. The van der Waals surface area contributed by atoms with Crippen LogP contribution in [-0.4, -0.2) is 54.0 Å². The molecule has 0 spiro atoms. The molecule has 0 aromatic carbocycles. The fourth-order valence-corrected chi connectivity index (χ4v) is 1.14. The van der Waals surface area contributed by atoms with E-state index in [0.717, 1.165) is 0 Å². The molecule has 0 aliphatic carbocycles. The van der Waals surface area contributed by atoms with Crippen LogP contribution < -0.4 is 10.6 Å². The van der Waals surface area contributed by atoms with E-state index in [9.17, 15) is 14.4 Å². The number of ether oxygens (including phenoxy) is 1. The Labute approximate surface area is 111 Å². The molecule has 0 aromatic rings. The van der Waals surface area contributed by atoms with Gasteiger partial charge >= 0.3 is 18.0 Å². The van der Waals surface area contributed by atoms with Crippen molar-refractivity contribution in [3.05, 3.63) is 0 Å². The van der Waals surface area contributed by atoms with E-state index in [4.69, 9.17) is 14.9 Å². The van der Waals surface area contributed by atoms with Crippen molar-refractivity contribution in [2.75, 3.05) is 19.8 Å². The van der Waals surface area contributed by atoms with E-state index in [0.29, 0.717) is 19.1 Å². The Morgan fingerprint density at radius 3 is 2.32 bits per heavy atom. The van der Waals surface area contributed by atoms with Crippen molar-refractivity contribution in [1.82, 2.24) is 10.6 Å². The molecule has 2 amide bonds. The quantitative estimate of drug-likeness (QED) is 0.435. The van der Waals surface area contributed by atoms with E-state index < -0.39 is 30.4 Å². The molecule has 0 radical (unpaired) electrons. The van der Waals surface area contributed by atoms with Crippen molar-refractivity contribution in [1.29, 1.82) is 0 Å². The summed E-state index contributed by atoms with van der Waals surface area (Å²) in [6, 6.07) is -2.18. The highest BCUT2D eigenvalue weighted by Crippen LogP contribution is 1.93. The molecule has 0 aliphatic rings. The van der Waals surface area contributed by atoms with Crippen LogP contribution in [0.25, 0.3) is 0 Å². The lowest BCUT2D eigenvalue weighted by Gasteiger charge is -2.13. The van der Waals surface area contributed by atoms with Crippen LogP contribution in [0.2, 0.25) is 0 Å². The lowest BCUT2D eigenvalue weighted by atomic mass is 10.2. The predicted molar refractivity (Wildman–Crippen MR) is 65.9 cm³/mol. The SMILES string of the molecule is CC(C)COCCNC(=O)N[C@@H](CC(=O)O)C(=O)O. The first-order chi connectivity index (χ1) is 8.82. The zero-order chi connectivity index (χ0) is 14.8. The molecule has 8 heteroatoms. The lowest BCUT2D eigenvalue weighted by Crippen LogP contribution is -2.47. The maximum absolute atomic E-state index is 11.3. The summed E-state index contributed by atoms with van der Waals surface area (Å²) in [7, 11) is 0. The first-order valence-corrected chi connectivity index (χ1v) is 5.89. The zero-order valence-electron chi connectivity index (χ0n) is 11.0. The van der Waals surface area contributed by atoms with Gasteiger partial charge in [-0.3, -0.25) is 4.79 Å². The van der Waals surface area contributed by atoms with Gasteiger partial charge in [0.15, 0.2) is 0 Å². The summed E-state index contributed by atoms with van der Waals surface area (Å²) in [6.07, 6.45) is -0.674. The number of aliphatic carboxylic acids is 2.